The Balaban J connectivity index is 0.715. The maximum atomic E-state index is 2.81. The van der Waals surface area contributed by atoms with Gasteiger partial charge in [0.2, 0.25) is 13.4 Å². The fraction of sp³-hybridized carbons (Fsp3) is 0. The van der Waals surface area contributed by atoms with Gasteiger partial charge in [-0.3, -0.25) is 0 Å². The topological polar surface area (TPSA) is 21.3 Å². The Bertz CT molecular complexity index is 7110. The van der Waals surface area contributed by atoms with Crippen LogP contribution in [0.1, 0.15) is 0 Å². The van der Waals surface area contributed by atoms with E-state index in [0.717, 1.165) is 11.4 Å². The number of aromatic nitrogens is 3. The molecule has 16 aromatic carbocycles. The maximum absolute atomic E-state index is 2.81. The normalized spacial score (nSPS) is 13.7. The summed E-state index contributed by atoms with van der Waals surface area (Å²) >= 11 is 3.91. The van der Waals surface area contributed by atoms with E-state index in [0.29, 0.717) is 0 Å². The molecule has 0 unspecified atom stereocenters. The summed E-state index contributed by atoms with van der Waals surface area (Å²) in [6.45, 7) is -0.164. The van der Waals surface area contributed by atoms with Crippen LogP contribution in [-0.2, 0) is 0 Å². The number of para-hydroxylation sites is 4. The summed E-state index contributed by atoms with van der Waals surface area (Å²) < 4.78 is 7.52. The van der Waals surface area contributed by atoms with Crippen molar-refractivity contribution in [3.8, 4) is 50.4 Å². The first-order chi connectivity index (χ1) is 52.6. The molecular weight excluding hydrogens is 1320 g/mol. The molecule has 0 N–H and O–H groups in total. The average molecular weight is 1380 g/mol. The lowest BCUT2D eigenvalue weighted by atomic mass is 9.26. The zero-order valence-electron chi connectivity index (χ0n) is 57.1. The first-order valence-electron chi connectivity index (χ1n) is 36.8. The SMILES string of the molecule is c1ccc(-c2ccc3c(c2)c2ccccc2n3-c2ccc3c(c2)Sc2ccc4c5c2B3c2ccc3c6c2N5c2c(ccc5c2B4c2ccc(-n4c7ccccc7c7cc(-c8ccccc8)ccc74)cc2N5c2ccccc2)B6c2ccc(-n4c5ccccc5c5cc(-c6ccccc6)ccc54)cc2S3)cc1. The Hall–Kier alpha value is -12.6. The van der Waals surface area contributed by atoms with E-state index < -0.39 is 0 Å². The lowest BCUT2D eigenvalue weighted by Gasteiger charge is -2.53. The van der Waals surface area contributed by atoms with Gasteiger partial charge in [-0.2, -0.15) is 0 Å². The molecule has 19 aromatic rings. The van der Waals surface area contributed by atoms with Crippen LogP contribution in [0, 0.1) is 0 Å². The van der Waals surface area contributed by atoms with Crippen LogP contribution in [0.5, 0.6) is 0 Å². The molecule has 486 valence electrons. The minimum atomic E-state index is -0.0898. The Kier molecular flexibility index (Phi) is 11.8. The molecule has 0 aliphatic carbocycles. The zero-order chi connectivity index (χ0) is 68.7. The molecule has 0 atom stereocenters. The van der Waals surface area contributed by atoms with Crippen LogP contribution in [-0.4, -0.2) is 33.8 Å². The molecule has 0 bridgehead atoms. The van der Waals surface area contributed by atoms with E-state index in [1.54, 1.807) is 0 Å². The molecule has 0 amide bonds. The fourth-order valence-electron chi connectivity index (χ4n) is 19.8. The lowest BCUT2D eigenvalue weighted by Crippen LogP contribution is -2.73. The van der Waals surface area contributed by atoms with Gasteiger partial charge in [0, 0.05) is 103 Å². The maximum Gasteiger partial charge on any atom is 0.252 e. The van der Waals surface area contributed by atoms with Gasteiger partial charge in [-0.1, -0.05) is 253 Å². The minimum Gasteiger partial charge on any atom is -0.313 e. The standard InChI is InChI=1S/C96H56B3N5S2/c1-5-19-57(20-6-1)60-33-45-82-70(51-60)67-27-13-16-30-79(67)101(82)64-36-39-73-86(54-64)100(63-25-11-4-12-26-63)85-48-42-76-94-91(85)97(73)77-43-49-87-92-95(77)104(94)96-78(99(92)75-41-38-66(56-90(75)105-87)103-81-32-18-15-29-69(81)72-53-62(35-47-84(72)103)59-23-9-3-10-24-59)44-50-88-93(96)98(76)74-40-37-65(55-89(74)106-88)102-80-31-17-14-28-68(80)71-52-61(34-46-83(71)102)58-21-7-2-8-22-58/h1-56H. The average Bonchev–Trinajstić information content (AvgIpc) is 0.822. The second-order valence-corrected chi connectivity index (χ2v) is 31.5. The molecule has 0 radical (unpaired) electrons. The Morgan fingerprint density at radius 1 is 0.198 bits per heavy atom. The number of nitrogens with zero attached hydrogens (tertiary/aromatic N) is 5. The highest BCUT2D eigenvalue weighted by molar-refractivity contribution is 8.00. The van der Waals surface area contributed by atoms with Gasteiger partial charge in [-0.25, -0.2) is 0 Å². The lowest BCUT2D eigenvalue weighted by molar-refractivity contribution is 1.16. The van der Waals surface area contributed by atoms with Gasteiger partial charge in [0.1, 0.15) is 0 Å². The van der Waals surface area contributed by atoms with E-state index >= 15 is 0 Å². The van der Waals surface area contributed by atoms with Crippen LogP contribution < -0.4 is 59.0 Å². The van der Waals surface area contributed by atoms with Crippen LogP contribution in [0.2, 0.25) is 0 Å². The molecule has 6 aliphatic rings. The number of anilines is 6. The molecule has 5 nitrogen and oxygen atoms in total. The van der Waals surface area contributed by atoms with Crippen molar-refractivity contribution in [2.75, 3.05) is 9.80 Å². The third kappa shape index (κ3) is 7.81. The molecule has 0 saturated heterocycles. The summed E-state index contributed by atoms with van der Waals surface area (Å²) in [5.74, 6) is 0. The number of hydrogen-bond acceptors (Lipinski definition) is 4. The van der Waals surface area contributed by atoms with Gasteiger partial charge in [0.25, 0.3) is 6.71 Å². The third-order valence-electron chi connectivity index (χ3n) is 24.1. The largest absolute Gasteiger partial charge is 0.313 e. The smallest absolute Gasteiger partial charge is 0.252 e. The van der Waals surface area contributed by atoms with Gasteiger partial charge in [0.15, 0.2) is 0 Å². The van der Waals surface area contributed by atoms with Crippen molar-refractivity contribution in [1.29, 1.82) is 0 Å². The monoisotopic (exact) mass is 1380 g/mol. The Morgan fingerprint density at radius 2 is 0.547 bits per heavy atom. The molecule has 6 aliphatic heterocycles. The summed E-state index contributed by atoms with van der Waals surface area (Å²) in [6.07, 6.45) is 0. The van der Waals surface area contributed by atoms with E-state index in [4.69, 9.17) is 0 Å². The van der Waals surface area contributed by atoms with Crippen molar-refractivity contribution >= 4 is 192 Å². The van der Waals surface area contributed by atoms with Crippen molar-refractivity contribution in [3.05, 3.63) is 340 Å². The van der Waals surface area contributed by atoms with E-state index in [1.165, 1.54) is 207 Å². The van der Waals surface area contributed by atoms with Crippen molar-refractivity contribution in [3.63, 3.8) is 0 Å². The quantitative estimate of drug-likeness (QED) is 0.148. The van der Waals surface area contributed by atoms with Gasteiger partial charge in [0.05, 0.1) is 33.1 Å². The van der Waals surface area contributed by atoms with Crippen molar-refractivity contribution in [1.82, 2.24) is 13.7 Å². The van der Waals surface area contributed by atoms with E-state index in [-0.39, 0.29) is 20.1 Å². The van der Waals surface area contributed by atoms with E-state index in [2.05, 4.69) is 363 Å². The highest BCUT2D eigenvalue weighted by atomic mass is 32.2. The number of benzene rings is 16. The van der Waals surface area contributed by atoms with E-state index in [1.807, 2.05) is 23.5 Å². The number of fused-ring (bicyclic) bond motifs is 18. The molecule has 106 heavy (non-hydrogen) atoms. The van der Waals surface area contributed by atoms with Crippen molar-refractivity contribution in [2.45, 2.75) is 19.6 Å². The molecule has 10 heteroatoms. The van der Waals surface area contributed by atoms with Crippen LogP contribution in [0.25, 0.3) is 116 Å². The first-order valence-corrected chi connectivity index (χ1v) is 38.4. The van der Waals surface area contributed by atoms with Gasteiger partial charge < -0.3 is 23.5 Å². The molecular formula is C96H56B3N5S2. The zero-order valence-corrected chi connectivity index (χ0v) is 58.7. The van der Waals surface area contributed by atoms with Gasteiger partial charge >= 0.3 is 0 Å². The number of hydrogen-bond donors (Lipinski definition) is 0. The van der Waals surface area contributed by atoms with Crippen molar-refractivity contribution < 1.29 is 0 Å². The molecule has 3 aromatic heterocycles. The fourth-order valence-corrected chi connectivity index (χ4v) is 22.1. The molecule has 0 saturated carbocycles. The molecule has 0 spiro atoms. The summed E-state index contributed by atoms with van der Waals surface area (Å²) in [5.41, 5.74) is 37.9. The highest BCUT2D eigenvalue weighted by Crippen LogP contribution is 2.51. The Labute approximate surface area is 621 Å². The predicted molar refractivity (Wildman–Crippen MR) is 450 cm³/mol. The first kappa shape index (κ1) is 57.9. The minimum absolute atomic E-state index is 0.0271. The van der Waals surface area contributed by atoms with Crippen molar-refractivity contribution in [2.24, 2.45) is 0 Å². The van der Waals surface area contributed by atoms with Crippen LogP contribution in [0.15, 0.2) is 359 Å². The summed E-state index contributed by atoms with van der Waals surface area (Å²) in [7, 11) is 0. The second-order valence-electron chi connectivity index (χ2n) is 29.3. The predicted octanol–water partition coefficient (Wildman–Crippen LogP) is 18.6. The molecule has 25 rings (SSSR count). The summed E-state index contributed by atoms with van der Waals surface area (Å²) in [6, 6.07) is 129. The third-order valence-corrected chi connectivity index (χ3v) is 26.4. The molecule has 9 heterocycles. The van der Waals surface area contributed by atoms with Gasteiger partial charge in [-0.05, 0) is 193 Å². The highest BCUT2D eigenvalue weighted by Gasteiger charge is 2.55. The summed E-state index contributed by atoms with van der Waals surface area (Å²) in [4.78, 5) is 10.7. The second kappa shape index (κ2) is 21.5. The number of rotatable bonds is 7. The van der Waals surface area contributed by atoms with Crippen LogP contribution in [0.3, 0.4) is 0 Å². The van der Waals surface area contributed by atoms with Crippen LogP contribution >= 0.6 is 23.5 Å². The van der Waals surface area contributed by atoms with Crippen LogP contribution in [0.4, 0.5) is 34.1 Å². The van der Waals surface area contributed by atoms with E-state index in [9.17, 15) is 0 Å². The Morgan fingerprint density at radius 3 is 0.991 bits per heavy atom. The van der Waals surface area contributed by atoms with Gasteiger partial charge in [-0.15, -0.1) is 0 Å². The molecule has 0 fully saturated rings. The summed E-state index contributed by atoms with van der Waals surface area (Å²) in [5, 5.41) is 7.51.